The molecule has 1 atom stereocenters. The van der Waals surface area contributed by atoms with Crippen LogP contribution in [0.1, 0.15) is 20.3 Å². The van der Waals surface area contributed by atoms with E-state index in [9.17, 15) is 14.4 Å². The van der Waals surface area contributed by atoms with Crippen LogP contribution in [0.5, 0.6) is 0 Å². The van der Waals surface area contributed by atoms with Gasteiger partial charge in [-0.05, 0) is 6.92 Å². The molecule has 6 nitrogen and oxygen atoms in total. The highest BCUT2D eigenvalue weighted by molar-refractivity contribution is 6.05. The summed E-state index contributed by atoms with van der Waals surface area (Å²) in [6.45, 7) is 2.31. The van der Waals surface area contributed by atoms with Gasteiger partial charge in [-0.15, -0.1) is 0 Å². The Bertz CT molecular complexity index is 268. The molecule has 1 unspecified atom stereocenters. The molecule has 0 saturated heterocycles. The summed E-state index contributed by atoms with van der Waals surface area (Å²) in [4.78, 5) is 33.4. The summed E-state index contributed by atoms with van der Waals surface area (Å²) >= 11 is 0. The molecule has 0 rings (SSSR count). The Morgan fingerprint density at radius 2 is 1.56 bits per heavy atom. The zero-order valence-corrected chi connectivity index (χ0v) is 9.81. The second kappa shape index (κ2) is 7.08. The van der Waals surface area contributed by atoms with Crippen molar-refractivity contribution in [1.29, 1.82) is 0 Å². The molecule has 0 radical (unpaired) electrons. The van der Waals surface area contributed by atoms with Gasteiger partial charge < -0.3 is 14.2 Å². The summed E-state index contributed by atoms with van der Waals surface area (Å²) < 4.78 is 14.2. The maximum atomic E-state index is 11.6. The zero-order valence-electron chi connectivity index (χ0n) is 9.81. The molecule has 0 aliphatic carbocycles. The number of ketones is 2. The largest absolute Gasteiger partial charge is 0.446 e. The number of methoxy groups -OCH3 is 2. The molecule has 0 aromatic rings. The first-order valence-electron chi connectivity index (χ1n) is 4.68. The van der Waals surface area contributed by atoms with Crippen LogP contribution in [0.4, 0.5) is 0 Å². The van der Waals surface area contributed by atoms with Crippen LogP contribution in [0.15, 0.2) is 0 Å². The molecular formula is C10H16O6. The summed E-state index contributed by atoms with van der Waals surface area (Å²) in [5.41, 5.74) is 0. The van der Waals surface area contributed by atoms with E-state index in [1.165, 1.54) is 21.1 Å². The van der Waals surface area contributed by atoms with E-state index < -0.39 is 29.9 Å². The molecule has 6 heteroatoms. The van der Waals surface area contributed by atoms with Gasteiger partial charge in [0.15, 0.2) is 17.9 Å². The minimum Gasteiger partial charge on any atom is -0.446 e. The lowest BCUT2D eigenvalue weighted by Crippen LogP contribution is -2.35. The number of carbonyl (C=O) groups is 3. The van der Waals surface area contributed by atoms with Gasteiger partial charge in [0.25, 0.3) is 0 Å². The lowest BCUT2D eigenvalue weighted by atomic mass is 10.1. The van der Waals surface area contributed by atoms with Crippen molar-refractivity contribution in [2.75, 3.05) is 14.2 Å². The van der Waals surface area contributed by atoms with E-state index in [-0.39, 0.29) is 6.42 Å². The van der Waals surface area contributed by atoms with Gasteiger partial charge in [0, 0.05) is 21.1 Å². The third-order valence-electron chi connectivity index (χ3n) is 1.84. The highest BCUT2D eigenvalue weighted by Gasteiger charge is 2.28. The fourth-order valence-electron chi connectivity index (χ4n) is 1.08. The topological polar surface area (TPSA) is 78.9 Å². The molecule has 0 aromatic carbocycles. The van der Waals surface area contributed by atoms with E-state index in [2.05, 4.69) is 4.74 Å². The van der Waals surface area contributed by atoms with Gasteiger partial charge >= 0.3 is 5.97 Å². The van der Waals surface area contributed by atoms with Crippen LogP contribution in [0.2, 0.25) is 0 Å². The Hall–Kier alpha value is -1.27. The Kier molecular flexibility index (Phi) is 6.52. The Labute approximate surface area is 93.8 Å². The normalized spacial score (nSPS) is 12.3. The number of esters is 1. The third-order valence-corrected chi connectivity index (χ3v) is 1.84. The second-order valence-corrected chi connectivity index (χ2v) is 3.17. The molecule has 0 saturated carbocycles. The molecule has 0 spiro atoms. The second-order valence-electron chi connectivity index (χ2n) is 3.17. The lowest BCUT2D eigenvalue weighted by molar-refractivity contribution is -0.162. The first-order valence-corrected chi connectivity index (χ1v) is 4.68. The molecule has 0 bridgehead atoms. The van der Waals surface area contributed by atoms with Crippen molar-refractivity contribution in [2.45, 2.75) is 32.7 Å². The number of rotatable bonds is 7. The molecule has 92 valence electrons. The predicted molar refractivity (Wildman–Crippen MR) is 53.7 cm³/mol. The molecule has 0 heterocycles. The smallest absolute Gasteiger partial charge is 0.303 e. The van der Waals surface area contributed by atoms with Gasteiger partial charge in [-0.25, -0.2) is 0 Å². The van der Waals surface area contributed by atoms with E-state index in [4.69, 9.17) is 9.47 Å². The molecule has 0 amide bonds. The molecule has 0 aromatic heterocycles. The Morgan fingerprint density at radius 3 is 1.88 bits per heavy atom. The van der Waals surface area contributed by atoms with Crippen molar-refractivity contribution in [3.05, 3.63) is 0 Å². The van der Waals surface area contributed by atoms with Gasteiger partial charge in [0.2, 0.25) is 6.10 Å². The molecule has 0 N–H and O–H groups in total. The summed E-state index contributed by atoms with van der Waals surface area (Å²) in [5, 5.41) is 0. The van der Waals surface area contributed by atoms with Gasteiger partial charge in [-0.2, -0.15) is 0 Å². The number of ether oxygens (including phenoxy) is 3. The van der Waals surface area contributed by atoms with Crippen molar-refractivity contribution in [1.82, 2.24) is 0 Å². The number of hydrogen-bond donors (Lipinski definition) is 0. The van der Waals surface area contributed by atoms with Crippen molar-refractivity contribution >= 4 is 17.5 Å². The average Bonchev–Trinajstić information content (AvgIpc) is 2.21. The summed E-state index contributed by atoms with van der Waals surface area (Å²) in [6, 6.07) is 0. The average molecular weight is 232 g/mol. The Morgan fingerprint density at radius 1 is 1.06 bits per heavy atom. The first-order chi connectivity index (χ1) is 7.42. The van der Waals surface area contributed by atoms with Crippen LogP contribution >= 0.6 is 0 Å². The van der Waals surface area contributed by atoms with Crippen LogP contribution in [-0.4, -0.2) is 44.1 Å². The van der Waals surface area contributed by atoms with E-state index in [0.717, 1.165) is 6.92 Å². The van der Waals surface area contributed by atoms with Crippen molar-refractivity contribution in [3.8, 4) is 0 Å². The quantitative estimate of drug-likeness (QED) is 0.351. The molecule has 0 fully saturated rings. The minimum absolute atomic E-state index is 0.148. The fourth-order valence-corrected chi connectivity index (χ4v) is 1.08. The number of carbonyl (C=O) groups excluding carboxylic acids is 3. The monoisotopic (exact) mass is 232 g/mol. The van der Waals surface area contributed by atoms with E-state index in [1.54, 1.807) is 0 Å². The highest BCUT2D eigenvalue weighted by Crippen LogP contribution is 2.06. The Balaban J connectivity index is 4.49. The van der Waals surface area contributed by atoms with Crippen LogP contribution in [0.25, 0.3) is 0 Å². The van der Waals surface area contributed by atoms with Crippen molar-refractivity contribution in [3.63, 3.8) is 0 Å². The van der Waals surface area contributed by atoms with E-state index >= 15 is 0 Å². The van der Waals surface area contributed by atoms with Crippen LogP contribution < -0.4 is 0 Å². The highest BCUT2D eigenvalue weighted by atomic mass is 16.7. The molecule has 16 heavy (non-hydrogen) atoms. The number of hydrogen-bond acceptors (Lipinski definition) is 6. The lowest BCUT2D eigenvalue weighted by Gasteiger charge is -2.16. The summed E-state index contributed by atoms with van der Waals surface area (Å²) in [6.07, 6.45) is -2.26. The van der Waals surface area contributed by atoms with Crippen LogP contribution in [-0.2, 0) is 28.6 Å². The third kappa shape index (κ3) is 4.99. The fraction of sp³-hybridized carbons (Fsp3) is 0.700. The van der Waals surface area contributed by atoms with E-state index in [1.807, 2.05) is 0 Å². The predicted octanol–water partition coefficient (Wildman–Crippen LogP) is 0.0852. The summed E-state index contributed by atoms with van der Waals surface area (Å²) in [5.74, 6) is -1.75. The molecule has 0 aliphatic rings. The maximum absolute atomic E-state index is 11.6. The van der Waals surface area contributed by atoms with Gasteiger partial charge in [-0.1, -0.05) is 0 Å². The van der Waals surface area contributed by atoms with E-state index in [0.29, 0.717) is 0 Å². The van der Waals surface area contributed by atoms with Crippen molar-refractivity contribution < 1.29 is 28.6 Å². The van der Waals surface area contributed by atoms with Crippen molar-refractivity contribution in [2.24, 2.45) is 0 Å². The van der Waals surface area contributed by atoms with Gasteiger partial charge in [-0.3, -0.25) is 14.4 Å². The van der Waals surface area contributed by atoms with Gasteiger partial charge in [0.05, 0.1) is 6.42 Å². The minimum atomic E-state index is -1.37. The first kappa shape index (κ1) is 14.7. The molecule has 0 aliphatic heterocycles. The SMILES string of the molecule is COC(CC(=O)C(OC(C)=O)C(C)=O)OC. The number of Topliss-reactive ketones (excluding diaryl/α,β-unsaturated/α-hetero) is 2. The zero-order chi connectivity index (χ0) is 12.7. The van der Waals surface area contributed by atoms with Crippen LogP contribution in [0, 0.1) is 0 Å². The van der Waals surface area contributed by atoms with Crippen LogP contribution in [0.3, 0.4) is 0 Å². The maximum Gasteiger partial charge on any atom is 0.303 e. The van der Waals surface area contributed by atoms with Gasteiger partial charge in [0.1, 0.15) is 0 Å². The molecular weight excluding hydrogens is 216 g/mol. The summed E-state index contributed by atoms with van der Waals surface area (Å²) in [7, 11) is 2.74. The standard InChI is InChI=1S/C10H16O6/c1-6(11)10(16-7(2)12)8(13)5-9(14-3)15-4/h9-10H,5H2,1-4H3.